The van der Waals surface area contributed by atoms with Crippen LogP contribution in [-0.2, 0) is 19.7 Å². The monoisotopic (exact) mass is 367 g/mol. The summed E-state index contributed by atoms with van der Waals surface area (Å²) in [5, 5.41) is 2.74. The number of rotatable bonds is 7. The second-order valence-corrected chi connectivity index (χ2v) is 6.74. The van der Waals surface area contributed by atoms with Gasteiger partial charge in [-0.05, 0) is 49.6 Å². The van der Waals surface area contributed by atoms with Crippen LogP contribution in [0.3, 0.4) is 0 Å². The quantitative estimate of drug-likeness (QED) is 0.749. The summed E-state index contributed by atoms with van der Waals surface area (Å²) in [6, 6.07) is 16.8. The largest absolute Gasteiger partial charge is 0.494 e. The van der Waals surface area contributed by atoms with Gasteiger partial charge in [-0.3, -0.25) is 9.59 Å². The number of ether oxygens (including phenoxy) is 2. The summed E-state index contributed by atoms with van der Waals surface area (Å²) in [7, 11) is 0. The Labute approximate surface area is 159 Å². The van der Waals surface area contributed by atoms with Gasteiger partial charge in [0.15, 0.2) is 6.61 Å². The molecule has 142 valence electrons. The first-order valence-corrected chi connectivity index (χ1v) is 9.39. The van der Waals surface area contributed by atoms with Gasteiger partial charge in [0.2, 0.25) is 0 Å². The molecular weight excluding hydrogens is 342 g/mol. The topological polar surface area (TPSA) is 64.6 Å². The fourth-order valence-corrected chi connectivity index (χ4v) is 3.61. The van der Waals surface area contributed by atoms with Gasteiger partial charge in [-0.2, -0.15) is 0 Å². The minimum Gasteiger partial charge on any atom is -0.494 e. The summed E-state index contributed by atoms with van der Waals surface area (Å²) in [5.41, 5.74) is 0.985. The number of hydrogen-bond acceptors (Lipinski definition) is 4. The van der Waals surface area contributed by atoms with Crippen molar-refractivity contribution in [2.45, 2.75) is 38.0 Å². The minimum atomic E-state index is -0.624. The van der Waals surface area contributed by atoms with Gasteiger partial charge in [0.1, 0.15) is 5.75 Å². The maximum absolute atomic E-state index is 12.8. The lowest BCUT2D eigenvalue weighted by Gasteiger charge is -2.27. The molecule has 5 nitrogen and oxygen atoms in total. The molecule has 2 aromatic rings. The van der Waals surface area contributed by atoms with Crippen LogP contribution < -0.4 is 10.1 Å². The number of anilines is 1. The van der Waals surface area contributed by atoms with Crippen LogP contribution >= 0.6 is 0 Å². The molecule has 1 aliphatic rings. The van der Waals surface area contributed by atoms with Crippen LogP contribution in [0.2, 0.25) is 0 Å². The highest BCUT2D eigenvalue weighted by atomic mass is 16.5. The Hall–Kier alpha value is -2.82. The molecule has 2 aromatic carbocycles. The number of esters is 1. The molecule has 0 bridgehead atoms. The summed E-state index contributed by atoms with van der Waals surface area (Å²) >= 11 is 0. The van der Waals surface area contributed by atoms with E-state index in [0.717, 1.165) is 37.0 Å². The van der Waals surface area contributed by atoms with E-state index in [1.807, 2.05) is 37.3 Å². The molecule has 1 fully saturated rings. The lowest BCUT2D eigenvalue weighted by atomic mass is 9.79. The maximum Gasteiger partial charge on any atom is 0.317 e. The summed E-state index contributed by atoms with van der Waals surface area (Å²) in [4.78, 5) is 25.0. The van der Waals surface area contributed by atoms with Gasteiger partial charge in [-0.15, -0.1) is 0 Å². The molecule has 0 atom stereocenters. The van der Waals surface area contributed by atoms with Crippen LogP contribution in [-0.4, -0.2) is 25.1 Å². The minimum absolute atomic E-state index is 0.291. The van der Waals surface area contributed by atoms with Crippen molar-refractivity contribution in [3.63, 3.8) is 0 Å². The van der Waals surface area contributed by atoms with Crippen LogP contribution in [0.1, 0.15) is 38.2 Å². The lowest BCUT2D eigenvalue weighted by molar-refractivity contribution is -0.153. The lowest BCUT2D eigenvalue weighted by Crippen LogP contribution is -2.36. The predicted molar refractivity (Wildman–Crippen MR) is 104 cm³/mol. The molecule has 1 saturated carbocycles. The van der Waals surface area contributed by atoms with Crippen molar-refractivity contribution in [3.05, 3.63) is 60.2 Å². The van der Waals surface area contributed by atoms with Crippen LogP contribution in [0.15, 0.2) is 54.6 Å². The normalized spacial score (nSPS) is 15.1. The fourth-order valence-electron chi connectivity index (χ4n) is 3.61. The Morgan fingerprint density at radius 1 is 1.00 bits per heavy atom. The van der Waals surface area contributed by atoms with E-state index in [2.05, 4.69) is 5.32 Å². The molecule has 0 heterocycles. The molecule has 0 saturated heterocycles. The standard InChI is InChI=1S/C22H25NO4/c1-2-26-19-12-10-18(11-13-19)23-20(24)16-27-21(25)22(14-6-7-15-22)17-8-4-3-5-9-17/h3-5,8-13H,2,6-7,14-16H2,1H3,(H,23,24). The smallest absolute Gasteiger partial charge is 0.317 e. The highest BCUT2D eigenvalue weighted by molar-refractivity contribution is 5.94. The van der Waals surface area contributed by atoms with E-state index in [0.29, 0.717) is 12.3 Å². The van der Waals surface area contributed by atoms with E-state index < -0.39 is 5.41 Å². The van der Waals surface area contributed by atoms with E-state index in [1.165, 1.54) is 0 Å². The number of amides is 1. The second-order valence-electron chi connectivity index (χ2n) is 6.74. The van der Waals surface area contributed by atoms with Crippen molar-refractivity contribution in [1.82, 2.24) is 0 Å². The Kier molecular flexibility index (Phi) is 6.12. The molecule has 0 unspecified atom stereocenters. The SMILES string of the molecule is CCOc1ccc(NC(=O)COC(=O)C2(c3ccccc3)CCCC2)cc1. The number of benzene rings is 2. The highest BCUT2D eigenvalue weighted by Gasteiger charge is 2.44. The fraction of sp³-hybridized carbons (Fsp3) is 0.364. The molecule has 0 aromatic heterocycles. The first-order valence-electron chi connectivity index (χ1n) is 9.39. The number of carbonyl (C=O) groups is 2. The van der Waals surface area contributed by atoms with Gasteiger partial charge < -0.3 is 14.8 Å². The summed E-state index contributed by atoms with van der Waals surface area (Å²) in [5.74, 6) is 0.0784. The van der Waals surface area contributed by atoms with E-state index >= 15 is 0 Å². The van der Waals surface area contributed by atoms with Crippen molar-refractivity contribution in [2.24, 2.45) is 0 Å². The number of carbonyl (C=O) groups excluding carboxylic acids is 2. The third-order valence-corrected chi connectivity index (χ3v) is 4.96. The van der Waals surface area contributed by atoms with Crippen molar-refractivity contribution in [1.29, 1.82) is 0 Å². The first-order chi connectivity index (χ1) is 13.1. The van der Waals surface area contributed by atoms with Crippen LogP contribution in [0.25, 0.3) is 0 Å². The van der Waals surface area contributed by atoms with Crippen molar-refractivity contribution in [3.8, 4) is 5.75 Å². The Balaban J connectivity index is 1.58. The summed E-state index contributed by atoms with van der Waals surface area (Å²) in [6.45, 7) is 2.21. The van der Waals surface area contributed by atoms with Gasteiger partial charge in [0.25, 0.3) is 5.91 Å². The zero-order valence-electron chi connectivity index (χ0n) is 15.6. The second kappa shape index (κ2) is 8.71. The van der Waals surface area contributed by atoms with E-state index in [1.54, 1.807) is 24.3 Å². The number of hydrogen-bond donors (Lipinski definition) is 1. The number of nitrogens with one attached hydrogen (secondary N) is 1. The van der Waals surface area contributed by atoms with E-state index in [9.17, 15) is 9.59 Å². The zero-order chi connectivity index (χ0) is 19.1. The summed E-state index contributed by atoms with van der Waals surface area (Å²) < 4.78 is 10.8. The Morgan fingerprint density at radius 3 is 2.30 bits per heavy atom. The van der Waals surface area contributed by atoms with Gasteiger partial charge in [-0.1, -0.05) is 43.2 Å². The first kappa shape index (κ1) is 19.0. The molecule has 5 heteroatoms. The van der Waals surface area contributed by atoms with Crippen molar-refractivity contribution >= 4 is 17.6 Å². The Morgan fingerprint density at radius 2 is 1.67 bits per heavy atom. The van der Waals surface area contributed by atoms with Crippen LogP contribution in [0, 0.1) is 0 Å². The van der Waals surface area contributed by atoms with Gasteiger partial charge in [-0.25, -0.2) is 0 Å². The van der Waals surface area contributed by atoms with Gasteiger partial charge in [0.05, 0.1) is 12.0 Å². The Bertz CT molecular complexity index is 765. The molecule has 1 N–H and O–H groups in total. The van der Waals surface area contributed by atoms with Crippen LogP contribution in [0.5, 0.6) is 5.75 Å². The average molecular weight is 367 g/mol. The molecule has 3 rings (SSSR count). The predicted octanol–water partition coefficient (Wildman–Crippen LogP) is 4.08. The van der Waals surface area contributed by atoms with Gasteiger partial charge >= 0.3 is 5.97 Å². The van der Waals surface area contributed by atoms with Crippen molar-refractivity contribution in [2.75, 3.05) is 18.5 Å². The van der Waals surface area contributed by atoms with Crippen molar-refractivity contribution < 1.29 is 19.1 Å². The molecule has 0 radical (unpaired) electrons. The molecular formula is C22H25NO4. The highest BCUT2D eigenvalue weighted by Crippen LogP contribution is 2.42. The zero-order valence-corrected chi connectivity index (χ0v) is 15.6. The summed E-state index contributed by atoms with van der Waals surface area (Å²) in [6.07, 6.45) is 3.50. The van der Waals surface area contributed by atoms with E-state index in [4.69, 9.17) is 9.47 Å². The third kappa shape index (κ3) is 4.48. The molecule has 0 spiro atoms. The molecule has 1 amide bonds. The third-order valence-electron chi connectivity index (χ3n) is 4.96. The maximum atomic E-state index is 12.8. The molecule has 1 aliphatic carbocycles. The average Bonchev–Trinajstić information content (AvgIpc) is 3.20. The molecule has 27 heavy (non-hydrogen) atoms. The van der Waals surface area contributed by atoms with E-state index in [-0.39, 0.29) is 18.5 Å². The molecule has 0 aliphatic heterocycles. The van der Waals surface area contributed by atoms with Gasteiger partial charge in [0, 0.05) is 5.69 Å². The van der Waals surface area contributed by atoms with Crippen LogP contribution in [0.4, 0.5) is 5.69 Å².